The topological polar surface area (TPSA) is 117 Å². The number of anilines is 1. The molecule has 0 spiro atoms. The molecule has 2 aromatic heterocycles. The number of nitrogens with zero attached hydrogens (tertiary/aromatic N) is 5. The molecule has 2 aromatic rings. The maximum Gasteiger partial charge on any atom is 0.283 e. The molecule has 0 aromatic carbocycles. The second kappa shape index (κ2) is 5.05. The molecule has 2 atom stereocenters. The number of hydrogen-bond donors (Lipinski definition) is 2. The second-order valence-corrected chi connectivity index (χ2v) is 6.26. The van der Waals surface area contributed by atoms with E-state index in [1.165, 1.54) is 0 Å². The van der Waals surface area contributed by atoms with Gasteiger partial charge in [-0.3, -0.25) is 0 Å². The van der Waals surface area contributed by atoms with Gasteiger partial charge in [0.05, 0.1) is 5.39 Å². The molecular formula is C16H19N7O. The van der Waals surface area contributed by atoms with Crippen LogP contribution in [0.3, 0.4) is 0 Å². The van der Waals surface area contributed by atoms with Crippen LogP contribution in [0, 0.1) is 6.92 Å². The van der Waals surface area contributed by atoms with Crippen molar-refractivity contribution >= 4 is 28.4 Å². The van der Waals surface area contributed by atoms with Gasteiger partial charge in [0.25, 0.3) is 6.02 Å². The van der Waals surface area contributed by atoms with Gasteiger partial charge in [-0.25, -0.2) is 19.6 Å². The fourth-order valence-corrected chi connectivity index (χ4v) is 3.08. The number of rotatable bonds is 2. The van der Waals surface area contributed by atoms with Gasteiger partial charge in [0.15, 0.2) is 5.65 Å². The van der Waals surface area contributed by atoms with Crippen molar-refractivity contribution in [3.8, 4) is 0 Å². The number of ether oxygens (including phenoxy) is 1. The molecule has 24 heavy (non-hydrogen) atoms. The summed E-state index contributed by atoms with van der Waals surface area (Å²) in [7, 11) is 0. The minimum absolute atomic E-state index is 0.142. The number of nitrogen functional groups attached to an aromatic ring is 1. The summed E-state index contributed by atoms with van der Waals surface area (Å²) < 4.78 is 7.32. The SMILES string of the molecule is Cc1nc(N)c2c(C3=CC4N=C(N)OC4C=C3)nn(C(C)C)c2n1. The maximum atomic E-state index is 6.18. The van der Waals surface area contributed by atoms with Gasteiger partial charge in [-0.1, -0.05) is 6.08 Å². The first-order valence-electron chi connectivity index (χ1n) is 7.86. The molecule has 0 amide bonds. The van der Waals surface area contributed by atoms with Gasteiger partial charge in [-0.15, -0.1) is 0 Å². The summed E-state index contributed by atoms with van der Waals surface area (Å²) in [6.45, 7) is 5.94. The van der Waals surface area contributed by atoms with Gasteiger partial charge >= 0.3 is 0 Å². The summed E-state index contributed by atoms with van der Waals surface area (Å²) >= 11 is 0. The molecule has 8 heteroatoms. The number of aromatic nitrogens is 4. The third kappa shape index (κ3) is 2.14. The molecule has 2 aliphatic rings. The summed E-state index contributed by atoms with van der Waals surface area (Å²) in [6, 6.07) is 0.222. The Morgan fingerprint density at radius 2 is 2.04 bits per heavy atom. The van der Waals surface area contributed by atoms with Crippen LogP contribution in [0.1, 0.15) is 31.4 Å². The van der Waals surface area contributed by atoms with Gasteiger partial charge in [0, 0.05) is 11.6 Å². The first-order valence-corrected chi connectivity index (χ1v) is 7.86. The lowest BCUT2D eigenvalue weighted by atomic mass is 9.98. The molecule has 3 heterocycles. The van der Waals surface area contributed by atoms with Crippen molar-refractivity contribution in [2.24, 2.45) is 10.7 Å². The molecule has 1 aliphatic carbocycles. The predicted octanol–water partition coefficient (Wildman–Crippen LogP) is 1.33. The van der Waals surface area contributed by atoms with Crippen molar-refractivity contribution in [2.75, 3.05) is 5.73 Å². The lowest BCUT2D eigenvalue weighted by molar-refractivity contribution is 0.251. The monoisotopic (exact) mass is 325 g/mol. The highest BCUT2D eigenvalue weighted by atomic mass is 16.5. The van der Waals surface area contributed by atoms with Crippen molar-refractivity contribution in [1.82, 2.24) is 19.7 Å². The van der Waals surface area contributed by atoms with E-state index in [1.54, 1.807) is 0 Å². The van der Waals surface area contributed by atoms with E-state index in [4.69, 9.17) is 21.3 Å². The number of amidine groups is 1. The quantitative estimate of drug-likeness (QED) is 0.860. The van der Waals surface area contributed by atoms with Gasteiger partial charge in [-0.05, 0) is 32.9 Å². The van der Waals surface area contributed by atoms with Crippen molar-refractivity contribution in [2.45, 2.75) is 39.0 Å². The normalized spacial score (nSPS) is 22.5. The lowest BCUT2D eigenvalue weighted by Gasteiger charge is -2.15. The van der Waals surface area contributed by atoms with E-state index in [0.29, 0.717) is 11.6 Å². The average Bonchev–Trinajstić information content (AvgIpc) is 3.05. The van der Waals surface area contributed by atoms with Crippen LogP contribution in [0.5, 0.6) is 0 Å². The summed E-state index contributed by atoms with van der Waals surface area (Å²) in [5.74, 6) is 1.06. The van der Waals surface area contributed by atoms with Crippen LogP contribution < -0.4 is 11.5 Å². The van der Waals surface area contributed by atoms with Crippen LogP contribution in [0.25, 0.3) is 16.6 Å². The predicted molar refractivity (Wildman–Crippen MR) is 92.3 cm³/mol. The Hall–Kier alpha value is -2.90. The third-order valence-corrected chi connectivity index (χ3v) is 4.14. The fraction of sp³-hybridized carbons (Fsp3) is 0.375. The van der Waals surface area contributed by atoms with Crippen molar-refractivity contribution in [3.05, 3.63) is 29.7 Å². The van der Waals surface area contributed by atoms with E-state index in [2.05, 4.69) is 28.8 Å². The number of hydrogen-bond acceptors (Lipinski definition) is 7. The Bertz CT molecular complexity index is 922. The molecule has 0 bridgehead atoms. The Morgan fingerprint density at radius 1 is 1.25 bits per heavy atom. The highest BCUT2D eigenvalue weighted by Crippen LogP contribution is 2.33. The molecule has 0 saturated heterocycles. The first-order chi connectivity index (χ1) is 11.4. The van der Waals surface area contributed by atoms with Crippen molar-refractivity contribution in [1.29, 1.82) is 0 Å². The Morgan fingerprint density at radius 3 is 2.79 bits per heavy atom. The third-order valence-electron chi connectivity index (χ3n) is 4.14. The van der Waals surface area contributed by atoms with E-state index >= 15 is 0 Å². The van der Waals surface area contributed by atoms with Crippen LogP contribution in [0.4, 0.5) is 5.82 Å². The van der Waals surface area contributed by atoms with E-state index in [9.17, 15) is 0 Å². The standard InChI is InChI=1S/C16H19N7O/c1-7(2)23-15-12(14(17)19-8(3)20-15)13(22-23)9-4-5-11-10(6-9)21-16(18)24-11/h4-7,10-11H,1-3H3,(H2,18,21)(H2,17,19,20). The molecule has 0 fully saturated rings. The average molecular weight is 325 g/mol. The van der Waals surface area contributed by atoms with Gasteiger partial charge in [0.2, 0.25) is 0 Å². The maximum absolute atomic E-state index is 6.18. The van der Waals surface area contributed by atoms with Crippen molar-refractivity contribution < 1.29 is 4.74 Å². The lowest BCUT2D eigenvalue weighted by Crippen LogP contribution is -2.22. The summed E-state index contributed by atoms with van der Waals surface area (Å²) in [6.07, 6.45) is 5.74. The van der Waals surface area contributed by atoms with E-state index in [1.807, 2.05) is 29.8 Å². The molecule has 0 saturated carbocycles. The van der Waals surface area contributed by atoms with Crippen LogP contribution in [-0.2, 0) is 4.74 Å². The molecule has 4 rings (SSSR count). The zero-order chi connectivity index (χ0) is 17.0. The van der Waals surface area contributed by atoms with E-state index in [-0.39, 0.29) is 24.2 Å². The zero-order valence-electron chi connectivity index (χ0n) is 13.8. The van der Waals surface area contributed by atoms with Gasteiger partial charge < -0.3 is 16.2 Å². The summed E-state index contributed by atoms with van der Waals surface area (Å²) in [5.41, 5.74) is 14.3. The van der Waals surface area contributed by atoms with Crippen LogP contribution in [0.15, 0.2) is 23.2 Å². The Balaban J connectivity index is 1.92. The number of allylic oxidation sites excluding steroid dienone is 2. The Kier molecular flexibility index (Phi) is 3.09. The number of aliphatic imine (C=N–C) groups is 1. The Labute approximate surface area is 138 Å². The minimum atomic E-state index is -0.150. The molecular weight excluding hydrogens is 306 g/mol. The minimum Gasteiger partial charge on any atom is -0.455 e. The number of aryl methyl sites for hydroxylation is 1. The van der Waals surface area contributed by atoms with E-state index < -0.39 is 0 Å². The summed E-state index contributed by atoms with van der Waals surface area (Å²) in [4.78, 5) is 13.1. The molecule has 4 N–H and O–H groups in total. The van der Waals surface area contributed by atoms with E-state index in [0.717, 1.165) is 22.3 Å². The summed E-state index contributed by atoms with van der Waals surface area (Å²) in [5, 5.41) is 5.51. The number of fused-ring (bicyclic) bond motifs is 2. The highest BCUT2D eigenvalue weighted by Gasteiger charge is 2.30. The second-order valence-electron chi connectivity index (χ2n) is 6.26. The van der Waals surface area contributed by atoms with Gasteiger partial charge in [-0.2, -0.15) is 5.10 Å². The van der Waals surface area contributed by atoms with Crippen LogP contribution in [-0.4, -0.2) is 37.9 Å². The fourth-order valence-electron chi connectivity index (χ4n) is 3.08. The molecule has 2 unspecified atom stereocenters. The molecule has 0 radical (unpaired) electrons. The first kappa shape index (κ1) is 14.7. The number of nitrogens with two attached hydrogens (primary N) is 2. The molecule has 124 valence electrons. The molecule has 8 nitrogen and oxygen atoms in total. The van der Waals surface area contributed by atoms with Crippen LogP contribution in [0.2, 0.25) is 0 Å². The molecule has 1 aliphatic heterocycles. The van der Waals surface area contributed by atoms with Crippen LogP contribution >= 0.6 is 0 Å². The smallest absolute Gasteiger partial charge is 0.283 e. The highest BCUT2D eigenvalue weighted by molar-refractivity contribution is 5.98. The van der Waals surface area contributed by atoms with Gasteiger partial charge in [0.1, 0.15) is 29.5 Å². The largest absolute Gasteiger partial charge is 0.455 e. The van der Waals surface area contributed by atoms with Crippen molar-refractivity contribution in [3.63, 3.8) is 0 Å². The zero-order valence-corrected chi connectivity index (χ0v) is 13.8.